The van der Waals surface area contributed by atoms with Gasteiger partial charge in [-0.05, 0) is 103 Å². The predicted octanol–water partition coefficient (Wildman–Crippen LogP) is 18.9. The third-order valence-corrected chi connectivity index (χ3v) is 15.9. The van der Waals surface area contributed by atoms with Crippen LogP contribution in [0, 0.1) is 0 Å². The van der Waals surface area contributed by atoms with Gasteiger partial charge in [0.1, 0.15) is 25.4 Å². The van der Waals surface area contributed by atoms with Gasteiger partial charge in [0, 0.05) is 19.3 Å². The molecular formula is C71H122O16P2. The molecule has 0 aromatic heterocycles. The van der Waals surface area contributed by atoms with Crippen molar-refractivity contribution in [1.29, 1.82) is 0 Å². The van der Waals surface area contributed by atoms with Gasteiger partial charge in [0.05, 0.1) is 26.4 Å². The van der Waals surface area contributed by atoms with E-state index in [0.29, 0.717) is 19.3 Å². The maximum atomic E-state index is 12.9. The molecule has 0 fully saturated rings. The minimum atomic E-state index is -4.93. The van der Waals surface area contributed by atoms with Gasteiger partial charge in [-0.25, -0.2) is 9.13 Å². The molecule has 0 aliphatic carbocycles. The summed E-state index contributed by atoms with van der Waals surface area (Å²) in [6.45, 7) is 2.40. The number of phosphoric acid groups is 2. The van der Waals surface area contributed by atoms with Crippen molar-refractivity contribution >= 4 is 33.6 Å². The highest BCUT2D eigenvalue weighted by Crippen LogP contribution is 2.45. The van der Waals surface area contributed by atoms with Crippen LogP contribution in [0.2, 0.25) is 0 Å². The SMILES string of the molecule is CC/C=C\C/C=C\C/C=C\C/C=C\C/C=C\C/C=C\CCCCCCC(=O)OCC(O)COP(=O)(O)OCC(O)COP(=O)(O)OCC(COC(=O)CCCCCCC/C=C\C/C=C\C/C=C\CC)OC(=O)CCCCCCCCCCCCCCCCC. The lowest BCUT2D eigenvalue weighted by Crippen LogP contribution is -2.30. The fourth-order valence-corrected chi connectivity index (χ4v) is 10.4. The molecule has 0 aromatic rings. The van der Waals surface area contributed by atoms with Gasteiger partial charge in [-0.1, -0.05) is 252 Å². The summed E-state index contributed by atoms with van der Waals surface area (Å²) in [5.41, 5.74) is 0. The van der Waals surface area contributed by atoms with E-state index in [-0.39, 0.29) is 19.3 Å². The van der Waals surface area contributed by atoms with Crippen molar-refractivity contribution in [2.45, 2.75) is 283 Å². The van der Waals surface area contributed by atoms with Crippen LogP contribution in [0.25, 0.3) is 0 Å². The summed E-state index contributed by atoms with van der Waals surface area (Å²) in [5, 5.41) is 20.5. The van der Waals surface area contributed by atoms with E-state index < -0.39 is 91.5 Å². The van der Waals surface area contributed by atoms with Crippen molar-refractivity contribution in [3.8, 4) is 0 Å². The fraction of sp³-hybridized carbons (Fsp3) is 0.704. The summed E-state index contributed by atoms with van der Waals surface area (Å²) in [4.78, 5) is 58.3. The molecule has 0 aliphatic rings. The zero-order valence-corrected chi connectivity index (χ0v) is 57.1. The second-order valence-electron chi connectivity index (χ2n) is 22.6. The first-order valence-electron chi connectivity index (χ1n) is 34.2. The van der Waals surface area contributed by atoms with Gasteiger partial charge in [-0.3, -0.25) is 32.5 Å². The lowest BCUT2D eigenvalue weighted by atomic mass is 10.0. The summed E-state index contributed by atoms with van der Waals surface area (Å²) < 4.78 is 60.8. The number of aliphatic hydroxyl groups excluding tert-OH is 2. The van der Waals surface area contributed by atoms with Crippen LogP contribution in [0.5, 0.6) is 0 Å². The van der Waals surface area contributed by atoms with E-state index in [1.807, 2.05) is 0 Å². The predicted molar refractivity (Wildman–Crippen MR) is 362 cm³/mol. The van der Waals surface area contributed by atoms with Gasteiger partial charge in [0.2, 0.25) is 0 Å². The van der Waals surface area contributed by atoms with Crippen molar-refractivity contribution in [2.24, 2.45) is 0 Å². The zero-order chi connectivity index (χ0) is 65.3. The molecule has 18 heteroatoms. The molecule has 0 saturated carbocycles. The highest BCUT2D eigenvalue weighted by Gasteiger charge is 2.29. The fourth-order valence-electron chi connectivity index (χ4n) is 8.82. The van der Waals surface area contributed by atoms with E-state index in [1.165, 1.54) is 64.2 Å². The number of esters is 3. The number of carbonyl (C=O) groups is 3. The summed E-state index contributed by atoms with van der Waals surface area (Å²) in [6, 6.07) is 0. The van der Waals surface area contributed by atoms with Gasteiger partial charge < -0.3 is 34.2 Å². The molecule has 0 amide bonds. The first-order chi connectivity index (χ1) is 43.2. The number of hydrogen-bond acceptors (Lipinski definition) is 14. The summed E-state index contributed by atoms with van der Waals surface area (Å²) in [6.07, 6.45) is 71.4. The Bertz CT molecular complexity index is 2060. The Hall–Kier alpha value is -3.79. The zero-order valence-electron chi connectivity index (χ0n) is 55.3. The molecule has 0 radical (unpaired) electrons. The van der Waals surface area contributed by atoms with E-state index in [1.54, 1.807) is 0 Å². The molecule has 0 aromatic carbocycles. The molecule has 0 rings (SSSR count). The first-order valence-corrected chi connectivity index (χ1v) is 37.2. The molecule has 5 unspecified atom stereocenters. The van der Waals surface area contributed by atoms with Crippen molar-refractivity contribution in [3.63, 3.8) is 0 Å². The van der Waals surface area contributed by atoms with E-state index in [9.17, 15) is 43.5 Å². The van der Waals surface area contributed by atoms with Crippen LogP contribution in [0.4, 0.5) is 0 Å². The molecule has 16 nitrogen and oxygen atoms in total. The molecule has 89 heavy (non-hydrogen) atoms. The second-order valence-corrected chi connectivity index (χ2v) is 25.5. The smallest absolute Gasteiger partial charge is 0.463 e. The monoisotopic (exact) mass is 1290 g/mol. The third kappa shape index (κ3) is 65.5. The number of aliphatic hydroxyl groups is 2. The van der Waals surface area contributed by atoms with Crippen molar-refractivity contribution in [1.82, 2.24) is 0 Å². The number of carbonyl (C=O) groups excluding carboxylic acids is 3. The average Bonchev–Trinajstić information content (AvgIpc) is 3.65. The van der Waals surface area contributed by atoms with Gasteiger partial charge >= 0.3 is 33.6 Å². The summed E-state index contributed by atoms with van der Waals surface area (Å²) in [5.74, 6) is -1.61. The molecule has 0 heterocycles. The summed E-state index contributed by atoms with van der Waals surface area (Å²) in [7, 11) is -9.78. The van der Waals surface area contributed by atoms with Crippen LogP contribution in [0.15, 0.2) is 109 Å². The lowest BCUT2D eigenvalue weighted by Gasteiger charge is -2.21. The molecule has 0 spiro atoms. The number of allylic oxidation sites excluding steroid dienone is 18. The highest BCUT2D eigenvalue weighted by atomic mass is 31.2. The van der Waals surface area contributed by atoms with E-state index >= 15 is 0 Å². The van der Waals surface area contributed by atoms with Crippen LogP contribution in [0.1, 0.15) is 265 Å². The normalized spacial score (nSPS) is 14.9. The minimum absolute atomic E-state index is 0.102. The van der Waals surface area contributed by atoms with Gasteiger partial charge in [0.15, 0.2) is 6.10 Å². The molecule has 5 atom stereocenters. The Kier molecular flexibility index (Phi) is 61.6. The quantitative estimate of drug-likeness (QED) is 0.0146. The van der Waals surface area contributed by atoms with E-state index in [2.05, 4.69) is 130 Å². The van der Waals surface area contributed by atoms with Crippen LogP contribution in [0.3, 0.4) is 0 Å². The standard InChI is InChI=1S/C71H122O16P2/c1-4-7-10-13-16-19-22-25-28-29-30-31-32-33-34-35-38-40-42-45-48-51-54-57-69(74)81-60-66(72)61-83-88(77,78)84-62-67(73)63-85-89(79,80)86-65-68(87-71(76)59-56-53-50-47-44-41-37-27-24-21-18-15-12-9-6-3)64-82-70(75)58-55-52-49-46-43-39-36-26-23-20-17-14-11-8-5-2/h7-8,10-11,16-17,19-20,25-26,28,30-31,33-34,36,38,40,66-68,72-73H,4-6,9,12-15,18,21-24,27,29,32,35,37,39,41-65H2,1-3H3,(H,77,78)(H,79,80)/b10-7-,11-8-,19-16-,20-17-,28-25-,31-30-,34-33-,36-26-,40-38-. The maximum Gasteiger partial charge on any atom is 0.472 e. The molecule has 0 bridgehead atoms. The van der Waals surface area contributed by atoms with Gasteiger partial charge in [-0.15, -0.1) is 0 Å². The number of hydrogen-bond donors (Lipinski definition) is 4. The Morgan fingerprint density at radius 2 is 0.596 bits per heavy atom. The Labute approximate surface area is 539 Å². The molecular weight excluding hydrogens is 1170 g/mol. The van der Waals surface area contributed by atoms with Crippen LogP contribution in [-0.2, 0) is 55.8 Å². The van der Waals surface area contributed by atoms with Gasteiger partial charge in [-0.2, -0.15) is 0 Å². The number of phosphoric ester groups is 2. The molecule has 4 N–H and O–H groups in total. The Morgan fingerprint density at radius 1 is 0.326 bits per heavy atom. The molecule has 0 aliphatic heterocycles. The van der Waals surface area contributed by atoms with E-state index in [4.69, 9.17) is 32.3 Å². The number of unbranched alkanes of at least 4 members (excludes halogenated alkanes) is 23. The van der Waals surface area contributed by atoms with Crippen LogP contribution >= 0.6 is 15.6 Å². The van der Waals surface area contributed by atoms with E-state index in [0.717, 1.165) is 141 Å². The first kappa shape index (κ1) is 85.2. The van der Waals surface area contributed by atoms with Crippen molar-refractivity contribution in [3.05, 3.63) is 109 Å². The second kappa shape index (κ2) is 64.3. The third-order valence-electron chi connectivity index (χ3n) is 14.0. The highest BCUT2D eigenvalue weighted by molar-refractivity contribution is 7.47. The van der Waals surface area contributed by atoms with Crippen molar-refractivity contribution in [2.75, 3.05) is 39.6 Å². The molecule has 512 valence electrons. The topological polar surface area (TPSA) is 231 Å². The van der Waals surface area contributed by atoms with Crippen LogP contribution in [-0.4, -0.2) is 95.9 Å². The lowest BCUT2D eigenvalue weighted by molar-refractivity contribution is -0.161. The summed E-state index contributed by atoms with van der Waals surface area (Å²) >= 11 is 0. The Balaban J connectivity index is 4.64. The largest absolute Gasteiger partial charge is 0.472 e. The number of ether oxygens (including phenoxy) is 3. The Morgan fingerprint density at radius 3 is 0.944 bits per heavy atom. The maximum absolute atomic E-state index is 12.9. The molecule has 0 saturated heterocycles. The minimum Gasteiger partial charge on any atom is -0.463 e. The number of rotatable bonds is 64. The van der Waals surface area contributed by atoms with Crippen LogP contribution < -0.4 is 0 Å². The van der Waals surface area contributed by atoms with Gasteiger partial charge in [0.25, 0.3) is 0 Å². The van der Waals surface area contributed by atoms with Crippen molar-refractivity contribution < 1.29 is 75.8 Å². The average molecular weight is 1290 g/mol.